The normalized spacial score (nSPS) is 10.9. The van der Waals surface area contributed by atoms with Crippen LogP contribution in [0, 0.1) is 5.82 Å². The Kier molecular flexibility index (Phi) is 3.74. The first-order valence-corrected chi connectivity index (χ1v) is 7.25. The topological polar surface area (TPSA) is 17.0 Å². The second kappa shape index (κ2) is 5.67. The van der Waals surface area contributed by atoms with Crippen molar-refractivity contribution in [3.8, 4) is 0 Å². The van der Waals surface area contributed by atoms with Crippen molar-refractivity contribution in [2.24, 2.45) is 0 Å². The van der Waals surface area contributed by atoms with E-state index in [0.29, 0.717) is 0 Å². The lowest BCUT2D eigenvalue weighted by atomic mass is 10.2. The maximum atomic E-state index is 13.3. The van der Waals surface area contributed by atoms with Crippen LogP contribution in [0.25, 0.3) is 10.9 Å². The number of fused-ring (bicyclic) bond motifs is 1. The molecule has 0 unspecified atom stereocenters. The molecule has 2 nitrogen and oxygen atoms in total. The van der Waals surface area contributed by atoms with Gasteiger partial charge in [-0.3, -0.25) is 0 Å². The minimum Gasteiger partial charge on any atom is -0.383 e. The molecule has 0 amide bonds. The monoisotopic (exact) mass is 332 g/mol. The van der Waals surface area contributed by atoms with Crippen LogP contribution in [0.4, 0.5) is 10.1 Å². The molecule has 1 aromatic heterocycles. The van der Waals surface area contributed by atoms with Gasteiger partial charge >= 0.3 is 0 Å². The molecule has 4 heteroatoms. The fourth-order valence-electron chi connectivity index (χ4n) is 2.24. The number of anilines is 1. The Morgan fingerprint density at radius 3 is 2.65 bits per heavy atom. The number of aromatic nitrogens is 1. The van der Waals surface area contributed by atoms with Crippen molar-refractivity contribution in [3.63, 3.8) is 0 Å². The van der Waals surface area contributed by atoms with Crippen LogP contribution < -0.4 is 5.32 Å². The zero-order valence-corrected chi connectivity index (χ0v) is 12.4. The van der Waals surface area contributed by atoms with Gasteiger partial charge in [0.1, 0.15) is 5.82 Å². The third-order valence-electron chi connectivity index (χ3n) is 3.26. The summed E-state index contributed by atoms with van der Waals surface area (Å²) in [6.45, 7) is 1.59. The van der Waals surface area contributed by atoms with Gasteiger partial charge in [0.2, 0.25) is 0 Å². The first kappa shape index (κ1) is 13.2. The maximum Gasteiger partial charge on any atom is 0.125 e. The Labute approximate surface area is 125 Å². The summed E-state index contributed by atoms with van der Waals surface area (Å²) in [5.74, 6) is -0.196. The van der Waals surface area contributed by atoms with Crippen LogP contribution in [0.15, 0.2) is 59.2 Å². The molecule has 0 radical (unpaired) electrons. The van der Waals surface area contributed by atoms with Gasteiger partial charge in [0.25, 0.3) is 0 Å². The Hall–Kier alpha value is -1.81. The molecule has 1 N–H and O–H groups in total. The Bertz CT molecular complexity index is 719. The minimum absolute atomic E-state index is 0.196. The van der Waals surface area contributed by atoms with E-state index in [-0.39, 0.29) is 5.82 Å². The highest BCUT2D eigenvalue weighted by Crippen LogP contribution is 2.17. The molecule has 3 rings (SSSR count). The summed E-state index contributed by atoms with van der Waals surface area (Å²) in [4.78, 5) is 0. The van der Waals surface area contributed by atoms with Crippen LogP contribution >= 0.6 is 15.9 Å². The van der Waals surface area contributed by atoms with E-state index < -0.39 is 0 Å². The summed E-state index contributed by atoms with van der Waals surface area (Å²) in [5.41, 5.74) is 2.01. The lowest BCUT2D eigenvalue weighted by Gasteiger charge is -2.08. The molecule has 0 fully saturated rings. The van der Waals surface area contributed by atoms with Gasteiger partial charge in [-0.1, -0.05) is 15.9 Å². The van der Waals surface area contributed by atoms with Crippen LogP contribution in [0.3, 0.4) is 0 Å². The van der Waals surface area contributed by atoms with E-state index in [1.165, 1.54) is 6.07 Å². The molecule has 0 saturated heterocycles. The van der Waals surface area contributed by atoms with Crippen molar-refractivity contribution in [3.05, 3.63) is 65.0 Å². The van der Waals surface area contributed by atoms with Crippen LogP contribution in [0.2, 0.25) is 0 Å². The largest absolute Gasteiger partial charge is 0.383 e. The molecule has 0 bridgehead atoms. The molecule has 0 aliphatic carbocycles. The smallest absolute Gasteiger partial charge is 0.125 e. The number of nitrogens with zero attached hydrogens (tertiary/aromatic N) is 1. The van der Waals surface area contributed by atoms with Crippen molar-refractivity contribution in [1.29, 1.82) is 0 Å². The second-order valence-corrected chi connectivity index (χ2v) is 5.56. The average molecular weight is 333 g/mol. The molecule has 102 valence electrons. The third-order valence-corrected chi connectivity index (χ3v) is 3.79. The van der Waals surface area contributed by atoms with Crippen molar-refractivity contribution < 1.29 is 4.39 Å². The average Bonchev–Trinajstić information content (AvgIpc) is 2.84. The van der Waals surface area contributed by atoms with Gasteiger partial charge in [0, 0.05) is 29.4 Å². The lowest BCUT2D eigenvalue weighted by Crippen LogP contribution is -2.09. The SMILES string of the molecule is Fc1ccc2ccn(CCNc3ccc(Br)cc3)c2c1. The number of halogens is 2. The third kappa shape index (κ3) is 2.85. The summed E-state index contributed by atoms with van der Waals surface area (Å²) in [6.07, 6.45) is 1.99. The number of hydrogen-bond acceptors (Lipinski definition) is 1. The van der Waals surface area contributed by atoms with E-state index in [9.17, 15) is 4.39 Å². The molecule has 0 aliphatic rings. The number of hydrogen-bond donors (Lipinski definition) is 1. The van der Waals surface area contributed by atoms with Crippen LogP contribution in [-0.4, -0.2) is 11.1 Å². The molecular formula is C16H14BrFN2. The first-order chi connectivity index (χ1) is 9.72. The van der Waals surface area contributed by atoms with E-state index in [4.69, 9.17) is 0 Å². The number of benzene rings is 2. The molecule has 0 saturated carbocycles. The Morgan fingerprint density at radius 2 is 1.85 bits per heavy atom. The van der Waals surface area contributed by atoms with E-state index in [1.807, 2.05) is 42.6 Å². The molecule has 2 aromatic carbocycles. The summed E-state index contributed by atoms with van der Waals surface area (Å²) in [6, 6.07) is 14.9. The Balaban J connectivity index is 1.68. The highest BCUT2D eigenvalue weighted by molar-refractivity contribution is 9.10. The van der Waals surface area contributed by atoms with Gasteiger partial charge in [-0.25, -0.2) is 4.39 Å². The summed E-state index contributed by atoms with van der Waals surface area (Å²) in [5, 5.41) is 4.42. The summed E-state index contributed by atoms with van der Waals surface area (Å²) < 4.78 is 16.4. The van der Waals surface area contributed by atoms with E-state index in [0.717, 1.165) is 34.2 Å². The lowest BCUT2D eigenvalue weighted by molar-refractivity contribution is 0.628. The van der Waals surface area contributed by atoms with Gasteiger partial charge in [-0.05, 0) is 53.9 Å². The van der Waals surface area contributed by atoms with Crippen molar-refractivity contribution in [1.82, 2.24) is 4.57 Å². The predicted octanol–water partition coefficient (Wildman–Crippen LogP) is 4.66. The zero-order valence-electron chi connectivity index (χ0n) is 10.8. The minimum atomic E-state index is -0.196. The van der Waals surface area contributed by atoms with E-state index in [1.54, 1.807) is 6.07 Å². The van der Waals surface area contributed by atoms with Crippen LogP contribution in [-0.2, 0) is 6.54 Å². The van der Waals surface area contributed by atoms with E-state index >= 15 is 0 Å². The molecule has 1 heterocycles. The quantitative estimate of drug-likeness (QED) is 0.735. The van der Waals surface area contributed by atoms with Gasteiger partial charge in [-0.15, -0.1) is 0 Å². The van der Waals surface area contributed by atoms with Crippen molar-refractivity contribution in [2.45, 2.75) is 6.54 Å². The summed E-state index contributed by atoms with van der Waals surface area (Å²) in [7, 11) is 0. The van der Waals surface area contributed by atoms with Gasteiger partial charge in [0.15, 0.2) is 0 Å². The fourth-order valence-corrected chi connectivity index (χ4v) is 2.50. The van der Waals surface area contributed by atoms with E-state index in [2.05, 4.69) is 25.8 Å². The molecule has 0 aliphatic heterocycles. The molecular weight excluding hydrogens is 319 g/mol. The maximum absolute atomic E-state index is 13.3. The number of rotatable bonds is 4. The van der Waals surface area contributed by atoms with Crippen molar-refractivity contribution >= 4 is 32.5 Å². The van der Waals surface area contributed by atoms with Gasteiger partial charge < -0.3 is 9.88 Å². The first-order valence-electron chi connectivity index (χ1n) is 6.46. The molecule has 0 spiro atoms. The predicted molar refractivity (Wildman–Crippen MR) is 84.5 cm³/mol. The Morgan fingerprint density at radius 1 is 1.05 bits per heavy atom. The van der Waals surface area contributed by atoms with Gasteiger partial charge in [-0.2, -0.15) is 0 Å². The molecule has 0 atom stereocenters. The number of nitrogens with one attached hydrogen (secondary N) is 1. The summed E-state index contributed by atoms with van der Waals surface area (Å²) >= 11 is 3.41. The van der Waals surface area contributed by atoms with Crippen molar-refractivity contribution in [2.75, 3.05) is 11.9 Å². The second-order valence-electron chi connectivity index (χ2n) is 4.65. The van der Waals surface area contributed by atoms with Gasteiger partial charge in [0.05, 0.1) is 5.52 Å². The van der Waals surface area contributed by atoms with Crippen LogP contribution in [0.1, 0.15) is 0 Å². The standard InChI is InChI=1S/C16H14BrFN2/c17-13-2-5-15(6-3-13)19-8-10-20-9-7-12-1-4-14(18)11-16(12)20/h1-7,9,11,19H,8,10H2. The molecule has 20 heavy (non-hydrogen) atoms. The van der Waals surface area contributed by atoms with Crippen LogP contribution in [0.5, 0.6) is 0 Å². The highest BCUT2D eigenvalue weighted by Gasteiger charge is 2.02. The molecule has 3 aromatic rings. The zero-order chi connectivity index (χ0) is 13.9. The highest BCUT2D eigenvalue weighted by atomic mass is 79.9. The fraction of sp³-hybridized carbons (Fsp3) is 0.125.